The molecule has 0 unspecified atom stereocenters. The van der Waals surface area contributed by atoms with Crippen LogP contribution in [0.3, 0.4) is 0 Å². The van der Waals surface area contributed by atoms with Crippen LogP contribution in [0, 0.1) is 24.0 Å². The van der Waals surface area contributed by atoms with Crippen LogP contribution < -0.4 is 4.72 Å². The lowest BCUT2D eigenvalue weighted by Gasteiger charge is -2.12. The SMILES string of the molecule is Cc1ccc(-c2cn3cccnc3n2)cc1NS(=O)(=O)c1ccc(C)c([N+](=O)[O-])c1. The second-order valence-electron chi connectivity index (χ2n) is 6.79. The Labute approximate surface area is 172 Å². The lowest BCUT2D eigenvalue weighted by Crippen LogP contribution is -2.14. The first-order valence-corrected chi connectivity index (χ1v) is 10.4. The molecule has 0 aliphatic carbocycles. The van der Waals surface area contributed by atoms with Crippen molar-refractivity contribution in [1.29, 1.82) is 0 Å². The van der Waals surface area contributed by atoms with Gasteiger partial charge in [0.2, 0.25) is 5.78 Å². The molecule has 0 atom stereocenters. The molecule has 1 N–H and O–H groups in total. The van der Waals surface area contributed by atoms with Gasteiger partial charge in [-0.3, -0.25) is 19.2 Å². The van der Waals surface area contributed by atoms with Crippen LogP contribution in [-0.2, 0) is 10.0 Å². The highest BCUT2D eigenvalue weighted by molar-refractivity contribution is 7.92. The predicted molar refractivity (Wildman–Crippen MR) is 112 cm³/mol. The molecule has 0 bridgehead atoms. The van der Waals surface area contributed by atoms with Crippen LogP contribution in [0.4, 0.5) is 11.4 Å². The molecule has 0 aliphatic heterocycles. The molecule has 0 fully saturated rings. The average Bonchev–Trinajstić information content (AvgIpc) is 3.13. The molecular weight excluding hydrogens is 406 g/mol. The zero-order chi connectivity index (χ0) is 21.5. The lowest BCUT2D eigenvalue weighted by atomic mass is 10.1. The Morgan fingerprint density at radius 1 is 1.10 bits per heavy atom. The molecule has 0 saturated carbocycles. The normalized spacial score (nSPS) is 11.5. The predicted octanol–water partition coefficient (Wildman–Crippen LogP) is 3.72. The maximum atomic E-state index is 12.9. The highest BCUT2D eigenvalue weighted by Crippen LogP contribution is 2.28. The van der Waals surface area contributed by atoms with Gasteiger partial charge in [0.25, 0.3) is 15.7 Å². The smallest absolute Gasteiger partial charge is 0.273 e. The van der Waals surface area contributed by atoms with Crippen LogP contribution in [0.25, 0.3) is 17.0 Å². The Balaban J connectivity index is 1.71. The first-order valence-electron chi connectivity index (χ1n) is 8.93. The van der Waals surface area contributed by atoms with E-state index in [-0.39, 0.29) is 10.6 Å². The van der Waals surface area contributed by atoms with E-state index in [2.05, 4.69) is 14.7 Å². The fourth-order valence-electron chi connectivity index (χ4n) is 3.02. The van der Waals surface area contributed by atoms with E-state index in [0.29, 0.717) is 33.8 Å². The van der Waals surface area contributed by atoms with Crippen molar-refractivity contribution in [3.05, 3.63) is 82.3 Å². The van der Waals surface area contributed by atoms with Gasteiger partial charge in [0, 0.05) is 35.8 Å². The third kappa shape index (κ3) is 3.60. The molecule has 2 aromatic heterocycles. The first kappa shape index (κ1) is 19.5. The third-order valence-electron chi connectivity index (χ3n) is 4.70. The highest BCUT2D eigenvalue weighted by atomic mass is 32.2. The number of fused-ring (bicyclic) bond motifs is 1. The van der Waals surface area contributed by atoms with E-state index in [4.69, 9.17) is 0 Å². The average molecular weight is 423 g/mol. The van der Waals surface area contributed by atoms with E-state index in [1.807, 2.05) is 12.3 Å². The van der Waals surface area contributed by atoms with E-state index in [1.54, 1.807) is 48.8 Å². The number of anilines is 1. The van der Waals surface area contributed by atoms with Crippen LogP contribution in [0.15, 0.2) is 66.0 Å². The van der Waals surface area contributed by atoms with Crippen LogP contribution in [0.1, 0.15) is 11.1 Å². The van der Waals surface area contributed by atoms with Crippen LogP contribution in [0.2, 0.25) is 0 Å². The van der Waals surface area contributed by atoms with Crippen LogP contribution in [-0.4, -0.2) is 27.7 Å². The number of sulfonamides is 1. The molecule has 0 amide bonds. The second-order valence-corrected chi connectivity index (χ2v) is 8.48. The third-order valence-corrected chi connectivity index (χ3v) is 6.06. The van der Waals surface area contributed by atoms with Gasteiger partial charge in [-0.25, -0.2) is 18.4 Å². The van der Waals surface area contributed by atoms with Crippen molar-refractivity contribution in [3.63, 3.8) is 0 Å². The molecule has 10 heteroatoms. The minimum absolute atomic E-state index is 0.179. The van der Waals surface area contributed by atoms with Crippen molar-refractivity contribution < 1.29 is 13.3 Å². The fraction of sp³-hybridized carbons (Fsp3) is 0.100. The summed E-state index contributed by atoms with van der Waals surface area (Å²) in [6.07, 6.45) is 5.26. The number of nitro benzene ring substituents is 1. The summed E-state index contributed by atoms with van der Waals surface area (Å²) < 4.78 is 30.0. The van der Waals surface area contributed by atoms with E-state index in [1.165, 1.54) is 12.1 Å². The van der Waals surface area contributed by atoms with Crippen molar-refractivity contribution in [3.8, 4) is 11.3 Å². The quantitative estimate of drug-likeness (QED) is 0.386. The Bertz CT molecular complexity index is 1360. The maximum absolute atomic E-state index is 12.9. The van der Waals surface area contributed by atoms with Crippen molar-refractivity contribution in [2.45, 2.75) is 18.7 Å². The summed E-state index contributed by atoms with van der Waals surface area (Å²) in [5, 5.41) is 11.2. The summed E-state index contributed by atoms with van der Waals surface area (Å²) in [5.74, 6) is 0.530. The highest BCUT2D eigenvalue weighted by Gasteiger charge is 2.21. The molecule has 0 spiro atoms. The minimum Gasteiger partial charge on any atom is -0.291 e. The number of imidazole rings is 1. The van der Waals surface area contributed by atoms with Gasteiger partial charge in [-0.05, 0) is 37.6 Å². The second kappa shape index (κ2) is 7.23. The van der Waals surface area contributed by atoms with E-state index >= 15 is 0 Å². The molecule has 4 aromatic rings. The Morgan fingerprint density at radius 3 is 2.60 bits per heavy atom. The monoisotopic (exact) mass is 423 g/mol. The maximum Gasteiger partial charge on any atom is 0.273 e. The van der Waals surface area contributed by atoms with Gasteiger partial charge in [0.1, 0.15) is 0 Å². The Morgan fingerprint density at radius 2 is 1.87 bits per heavy atom. The Kier molecular flexibility index (Phi) is 4.70. The number of hydrogen-bond acceptors (Lipinski definition) is 6. The summed E-state index contributed by atoms with van der Waals surface area (Å²) in [6, 6.07) is 10.9. The molecular formula is C20H17N5O4S. The van der Waals surface area contributed by atoms with Crippen molar-refractivity contribution in [2.24, 2.45) is 0 Å². The molecule has 9 nitrogen and oxygen atoms in total. The number of benzene rings is 2. The molecule has 0 radical (unpaired) electrons. The Hall–Kier alpha value is -3.79. The van der Waals surface area contributed by atoms with Gasteiger partial charge < -0.3 is 0 Å². The number of nitrogens with one attached hydrogen (secondary N) is 1. The summed E-state index contributed by atoms with van der Waals surface area (Å²) in [5.41, 5.74) is 2.54. The molecule has 2 heterocycles. The standard InChI is InChI=1S/C20H17N5O4S/c1-13-4-6-15(18-12-24-9-3-8-21-20(24)22-18)10-17(13)23-30(28,29)16-7-5-14(2)19(11-16)25(26)27/h3-12,23H,1-2H3. The molecule has 2 aromatic carbocycles. The van der Waals surface area contributed by atoms with Gasteiger partial charge in [0.15, 0.2) is 0 Å². The molecule has 0 aliphatic rings. The molecule has 152 valence electrons. The summed E-state index contributed by atoms with van der Waals surface area (Å²) in [4.78, 5) is 19.0. The van der Waals surface area contributed by atoms with Crippen LogP contribution in [0.5, 0.6) is 0 Å². The van der Waals surface area contributed by atoms with E-state index in [0.717, 1.165) is 6.07 Å². The summed E-state index contributed by atoms with van der Waals surface area (Å²) in [7, 11) is -4.02. The number of aryl methyl sites for hydroxylation is 2. The van der Waals surface area contributed by atoms with Gasteiger partial charge in [0.05, 0.1) is 21.2 Å². The van der Waals surface area contributed by atoms with E-state index in [9.17, 15) is 18.5 Å². The largest absolute Gasteiger partial charge is 0.291 e. The first-order chi connectivity index (χ1) is 14.2. The van der Waals surface area contributed by atoms with Gasteiger partial charge >= 0.3 is 0 Å². The van der Waals surface area contributed by atoms with Gasteiger partial charge in [-0.1, -0.05) is 18.2 Å². The topological polar surface area (TPSA) is 120 Å². The molecule has 4 rings (SSSR count). The minimum atomic E-state index is -4.02. The zero-order valence-electron chi connectivity index (χ0n) is 16.1. The number of nitrogens with zero attached hydrogens (tertiary/aromatic N) is 4. The summed E-state index contributed by atoms with van der Waals surface area (Å²) >= 11 is 0. The zero-order valence-corrected chi connectivity index (χ0v) is 16.9. The van der Waals surface area contributed by atoms with Crippen molar-refractivity contribution in [2.75, 3.05) is 4.72 Å². The number of rotatable bonds is 5. The number of nitro groups is 1. The fourth-order valence-corrected chi connectivity index (χ4v) is 4.16. The van der Waals surface area contributed by atoms with Crippen molar-refractivity contribution in [1.82, 2.24) is 14.4 Å². The molecule has 0 saturated heterocycles. The van der Waals surface area contributed by atoms with E-state index < -0.39 is 14.9 Å². The molecule has 30 heavy (non-hydrogen) atoms. The van der Waals surface area contributed by atoms with Gasteiger partial charge in [-0.2, -0.15) is 0 Å². The number of aromatic nitrogens is 3. The van der Waals surface area contributed by atoms with Gasteiger partial charge in [-0.15, -0.1) is 0 Å². The van der Waals surface area contributed by atoms with Crippen molar-refractivity contribution >= 4 is 27.2 Å². The van der Waals surface area contributed by atoms with Crippen LogP contribution >= 0.6 is 0 Å². The summed E-state index contributed by atoms with van der Waals surface area (Å²) in [6.45, 7) is 3.32. The lowest BCUT2D eigenvalue weighted by molar-refractivity contribution is -0.385. The number of hydrogen-bond donors (Lipinski definition) is 1.